The van der Waals surface area contributed by atoms with E-state index in [0.717, 1.165) is 44.3 Å². The highest BCUT2D eigenvalue weighted by Gasteiger charge is 2.48. The number of carbonyl (C=O) groups excluding carboxylic acids is 2. The second-order valence-electron chi connectivity index (χ2n) is 10.8. The number of para-hydroxylation sites is 1. The molecule has 6 rings (SSSR count). The van der Waals surface area contributed by atoms with Gasteiger partial charge < -0.3 is 15.5 Å². The topological polar surface area (TPSA) is 61.4 Å². The fourth-order valence-electron chi connectivity index (χ4n) is 6.85. The molecule has 3 aromatic carbocycles. The minimum absolute atomic E-state index is 0.0428. The predicted octanol–water partition coefficient (Wildman–Crippen LogP) is 6.04. The van der Waals surface area contributed by atoms with E-state index < -0.39 is 0 Å². The second-order valence-corrected chi connectivity index (χ2v) is 10.8. The van der Waals surface area contributed by atoms with Crippen LogP contribution in [0.1, 0.15) is 71.2 Å². The Kier molecular flexibility index (Phi) is 6.45. The molecule has 5 heteroatoms. The van der Waals surface area contributed by atoms with Crippen LogP contribution in [0.4, 0.5) is 5.69 Å². The first kappa shape index (κ1) is 23.8. The van der Waals surface area contributed by atoms with Crippen molar-refractivity contribution in [2.45, 2.75) is 57.2 Å². The monoisotopic (exact) mass is 493 g/mol. The van der Waals surface area contributed by atoms with Gasteiger partial charge in [-0.05, 0) is 55.0 Å². The summed E-state index contributed by atoms with van der Waals surface area (Å²) in [5.74, 6) is 0.239. The molecule has 2 heterocycles. The van der Waals surface area contributed by atoms with Crippen LogP contribution in [0.15, 0.2) is 78.9 Å². The van der Waals surface area contributed by atoms with E-state index in [1.165, 1.54) is 16.7 Å². The van der Waals surface area contributed by atoms with Gasteiger partial charge in [-0.25, -0.2) is 0 Å². The summed E-state index contributed by atoms with van der Waals surface area (Å²) < 4.78 is 0. The van der Waals surface area contributed by atoms with Crippen LogP contribution in [0.25, 0.3) is 0 Å². The Morgan fingerprint density at radius 1 is 0.865 bits per heavy atom. The zero-order chi connectivity index (χ0) is 25.4. The number of carbonyl (C=O) groups is 2. The maximum atomic E-state index is 14.3. The van der Waals surface area contributed by atoms with E-state index in [9.17, 15) is 9.59 Å². The number of hydrogen-bond donors (Lipinski definition) is 2. The first-order valence-corrected chi connectivity index (χ1v) is 13.7. The predicted molar refractivity (Wildman–Crippen MR) is 146 cm³/mol. The van der Waals surface area contributed by atoms with Crippen LogP contribution in [-0.4, -0.2) is 29.3 Å². The quantitative estimate of drug-likeness (QED) is 0.466. The van der Waals surface area contributed by atoms with E-state index in [4.69, 9.17) is 0 Å². The first-order chi connectivity index (χ1) is 18.1. The molecule has 2 amide bonds. The first-order valence-electron chi connectivity index (χ1n) is 13.7. The number of rotatable bonds is 4. The Hall–Kier alpha value is -3.60. The van der Waals surface area contributed by atoms with E-state index in [1.54, 1.807) is 0 Å². The molecule has 2 N–H and O–H groups in total. The van der Waals surface area contributed by atoms with Crippen LogP contribution >= 0.6 is 0 Å². The summed E-state index contributed by atoms with van der Waals surface area (Å²) in [7, 11) is 0. The van der Waals surface area contributed by atoms with Gasteiger partial charge in [-0.1, -0.05) is 79.6 Å². The molecule has 0 spiro atoms. The smallest absolute Gasteiger partial charge is 0.251 e. The lowest BCUT2D eigenvalue weighted by atomic mass is 9.78. The summed E-state index contributed by atoms with van der Waals surface area (Å²) in [6.07, 6.45) is 4.70. The van der Waals surface area contributed by atoms with Gasteiger partial charge in [-0.2, -0.15) is 0 Å². The van der Waals surface area contributed by atoms with Crippen molar-refractivity contribution in [1.29, 1.82) is 0 Å². The highest BCUT2D eigenvalue weighted by atomic mass is 16.2. The molecule has 5 nitrogen and oxygen atoms in total. The molecule has 0 aromatic heterocycles. The number of nitrogens with zero attached hydrogens (tertiary/aromatic N) is 1. The fourth-order valence-corrected chi connectivity index (χ4v) is 6.85. The molecule has 0 unspecified atom stereocenters. The molecule has 1 aliphatic carbocycles. The Bertz CT molecular complexity index is 1280. The third-order valence-corrected chi connectivity index (χ3v) is 8.67. The molecule has 1 saturated carbocycles. The van der Waals surface area contributed by atoms with Crippen molar-refractivity contribution in [2.75, 3.05) is 11.9 Å². The Morgan fingerprint density at radius 3 is 2.38 bits per heavy atom. The van der Waals surface area contributed by atoms with Gasteiger partial charge in [0.05, 0.1) is 18.0 Å². The normalized spacial score (nSPS) is 26.5. The third-order valence-electron chi connectivity index (χ3n) is 8.67. The lowest BCUT2D eigenvalue weighted by Gasteiger charge is -2.42. The molecule has 3 aliphatic rings. The summed E-state index contributed by atoms with van der Waals surface area (Å²) >= 11 is 0. The van der Waals surface area contributed by atoms with Crippen LogP contribution < -0.4 is 10.6 Å². The molecule has 190 valence electrons. The maximum absolute atomic E-state index is 14.3. The zero-order valence-corrected chi connectivity index (χ0v) is 21.4. The van der Waals surface area contributed by atoms with Gasteiger partial charge in [0.15, 0.2) is 0 Å². The van der Waals surface area contributed by atoms with Crippen molar-refractivity contribution in [3.63, 3.8) is 0 Å². The number of amides is 2. The van der Waals surface area contributed by atoms with E-state index in [0.29, 0.717) is 11.5 Å². The van der Waals surface area contributed by atoms with Crippen molar-refractivity contribution in [3.05, 3.63) is 101 Å². The van der Waals surface area contributed by atoms with Gasteiger partial charge in [0, 0.05) is 29.8 Å². The van der Waals surface area contributed by atoms with Crippen LogP contribution in [0.5, 0.6) is 0 Å². The van der Waals surface area contributed by atoms with Crippen molar-refractivity contribution < 1.29 is 9.59 Å². The number of anilines is 1. The van der Waals surface area contributed by atoms with Crippen LogP contribution in [0.3, 0.4) is 0 Å². The molecule has 0 bridgehead atoms. The maximum Gasteiger partial charge on any atom is 0.251 e. The molecule has 0 radical (unpaired) electrons. The molecule has 2 fully saturated rings. The molecule has 5 atom stereocenters. The Balaban J connectivity index is 1.30. The Morgan fingerprint density at radius 2 is 1.59 bits per heavy atom. The molecular weight excluding hydrogens is 458 g/mol. The van der Waals surface area contributed by atoms with Crippen molar-refractivity contribution in [1.82, 2.24) is 10.2 Å². The largest absolute Gasteiger partial charge is 0.377 e. The molecule has 1 saturated heterocycles. The van der Waals surface area contributed by atoms with E-state index >= 15 is 0 Å². The number of hydrogen-bond acceptors (Lipinski definition) is 3. The number of nitrogens with one attached hydrogen (secondary N) is 2. The number of benzene rings is 3. The summed E-state index contributed by atoms with van der Waals surface area (Å²) in [4.78, 5) is 29.4. The number of aryl methyl sites for hydroxylation is 1. The SMILES string of the molecule is Cc1cccc2c1N[C@H](c1ccccc1)[C@@H]1CCN(C(=O)[C@H]3CCCC[C@H]3NC(=O)c3ccccc3)[C@H]21. The highest BCUT2D eigenvalue weighted by Crippen LogP contribution is 2.52. The molecular formula is C32H35N3O2. The highest BCUT2D eigenvalue weighted by molar-refractivity contribution is 5.95. The van der Waals surface area contributed by atoms with Gasteiger partial charge in [-0.15, -0.1) is 0 Å². The average Bonchev–Trinajstić information content (AvgIpc) is 3.39. The van der Waals surface area contributed by atoms with Gasteiger partial charge >= 0.3 is 0 Å². The average molecular weight is 494 g/mol. The van der Waals surface area contributed by atoms with Gasteiger partial charge in [-0.3, -0.25) is 9.59 Å². The summed E-state index contributed by atoms with van der Waals surface area (Å²) in [5.41, 5.74) is 5.51. The van der Waals surface area contributed by atoms with E-state index in [-0.39, 0.29) is 35.9 Å². The van der Waals surface area contributed by atoms with Gasteiger partial charge in [0.2, 0.25) is 5.91 Å². The summed E-state index contributed by atoms with van der Waals surface area (Å²) in [6.45, 7) is 2.90. The third kappa shape index (κ3) is 4.41. The number of likely N-dealkylation sites (tertiary alicyclic amines) is 1. The van der Waals surface area contributed by atoms with Crippen molar-refractivity contribution in [2.24, 2.45) is 11.8 Å². The fraction of sp³-hybridized carbons (Fsp3) is 0.375. The minimum Gasteiger partial charge on any atom is -0.377 e. The second kappa shape index (κ2) is 10.0. The van der Waals surface area contributed by atoms with E-state index in [2.05, 4.69) is 71.0 Å². The number of fused-ring (bicyclic) bond motifs is 3. The lowest BCUT2D eigenvalue weighted by molar-refractivity contribution is -0.138. The van der Waals surface area contributed by atoms with E-state index in [1.807, 2.05) is 30.3 Å². The standard InChI is InChI=1S/C32H35N3O2/c1-21-11-10-17-25-28(21)34-29(22-12-4-2-5-13-22)26-19-20-35(30(25)26)32(37)24-16-8-9-18-27(24)33-31(36)23-14-6-3-7-15-23/h2-7,10-15,17,24,26-27,29-30,34H,8-9,16,18-20H2,1H3,(H,33,36)/t24-,26-,27+,29+,30+/m0/s1. The summed E-state index contributed by atoms with van der Waals surface area (Å²) in [5, 5.41) is 7.08. The molecule has 3 aromatic rings. The Labute approximate surface area is 219 Å². The van der Waals surface area contributed by atoms with Gasteiger partial charge in [0.1, 0.15) is 0 Å². The van der Waals surface area contributed by atoms with Crippen molar-refractivity contribution in [3.8, 4) is 0 Å². The molecule has 2 aliphatic heterocycles. The molecule has 37 heavy (non-hydrogen) atoms. The lowest BCUT2D eigenvalue weighted by Crippen LogP contribution is -2.50. The van der Waals surface area contributed by atoms with Crippen LogP contribution in [-0.2, 0) is 4.79 Å². The summed E-state index contributed by atoms with van der Waals surface area (Å²) in [6, 6.07) is 26.5. The van der Waals surface area contributed by atoms with Crippen molar-refractivity contribution >= 4 is 17.5 Å². The zero-order valence-electron chi connectivity index (χ0n) is 21.4. The minimum atomic E-state index is -0.182. The van der Waals surface area contributed by atoms with Crippen LogP contribution in [0, 0.1) is 18.8 Å². The van der Waals surface area contributed by atoms with Crippen LogP contribution in [0.2, 0.25) is 0 Å². The van der Waals surface area contributed by atoms with Gasteiger partial charge in [0.25, 0.3) is 5.91 Å².